The van der Waals surface area contributed by atoms with E-state index in [9.17, 15) is 4.79 Å². The van der Waals surface area contributed by atoms with Gasteiger partial charge in [0.1, 0.15) is 17.0 Å². The minimum Gasteiger partial charge on any atom is -0.482 e. The first kappa shape index (κ1) is 16.8. The van der Waals surface area contributed by atoms with Crippen molar-refractivity contribution < 1.29 is 18.7 Å². The monoisotopic (exact) mass is 359 g/mol. The average molecular weight is 359 g/mol. The van der Waals surface area contributed by atoms with Gasteiger partial charge in [0.05, 0.1) is 0 Å². The number of fused-ring (bicyclic) bond motifs is 1. The molecule has 0 aliphatic heterocycles. The highest BCUT2D eigenvalue weighted by Gasteiger charge is 2.11. The molecule has 134 valence electrons. The van der Waals surface area contributed by atoms with E-state index in [2.05, 4.69) is 4.98 Å². The molecule has 5 heteroatoms. The molecular weight excluding hydrogens is 342 g/mol. The second-order valence-corrected chi connectivity index (χ2v) is 6.09. The molecule has 0 saturated carbocycles. The lowest BCUT2D eigenvalue weighted by atomic mass is 10.2. The lowest BCUT2D eigenvalue weighted by Gasteiger charge is -2.06. The summed E-state index contributed by atoms with van der Waals surface area (Å²) in [5.41, 5.74) is 3.27. The van der Waals surface area contributed by atoms with E-state index in [1.54, 1.807) is 18.2 Å². The molecule has 0 saturated heterocycles. The second kappa shape index (κ2) is 7.33. The fraction of sp³-hybridized carbons (Fsp3) is 0.0909. The summed E-state index contributed by atoms with van der Waals surface area (Å²) in [4.78, 5) is 16.5. The van der Waals surface area contributed by atoms with Crippen molar-refractivity contribution in [2.45, 2.75) is 6.92 Å². The third-order valence-electron chi connectivity index (χ3n) is 3.99. The molecule has 0 atom stereocenters. The molecule has 1 heterocycles. The molecule has 1 aromatic heterocycles. The summed E-state index contributed by atoms with van der Waals surface area (Å²) in [6.45, 7) is 1.81. The minimum atomic E-state index is -0.488. The second-order valence-electron chi connectivity index (χ2n) is 6.09. The number of rotatable bonds is 5. The molecule has 0 radical (unpaired) electrons. The highest BCUT2D eigenvalue weighted by molar-refractivity contribution is 5.80. The number of esters is 1. The Hall–Kier alpha value is -3.60. The van der Waals surface area contributed by atoms with Gasteiger partial charge in [-0.05, 0) is 43.3 Å². The van der Waals surface area contributed by atoms with Crippen LogP contribution in [-0.4, -0.2) is 17.6 Å². The molecule has 0 bridgehead atoms. The Morgan fingerprint density at radius 1 is 0.963 bits per heavy atom. The summed E-state index contributed by atoms with van der Waals surface area (Å²) >= 11 is 0. The molecule has 0 spiro atoms. The van der Waals surface area contributed by atoms with Gasteiger partial charge in [0, 0.05) is 11.6 Å². The number of benzene rings is 3. The van der Waals surface area contributed by atoms with Crippen molar-refractivity contribution in [2.24, 2.45) is 0 Å². The van der Waals surface area contributed by atoms with Gasteiger partial charge in [-0.2, -0.15) is 0 Å². The summed E-state index contributed by atoms with van der Waals surface area (Å²) in [6.07, 6.45) is 0. The lowest BCUT2D eigenvalue weighted by molar-refractivity contribution is -0.136. The smallest absolute Gasteiger partial charge is 0.349 e. The van der Waals surface area contributed by atoms with Crippen LogP contribution < -0.4 is 9.47 Å². The Morgan fingerprint density at radius 3 is 2.48 bits per heavy atom. The van der Waals surface area contributed by atoms with E-state index in [4.69, 9.17) is 13.9 Å². The van der Waals surface area contributed by atoms with Crippen LogP contribution in [0, 0.1) is 6.92 Å². The molecule has 27 heavy (non-hydrogen) atoms. The molecular formula is C22H17NO4. The normalized spacial score (nSPS) is 10.7. The first-order chi connectivity index (χ1) is 13.2. The van der Waals surface area contributed by atoms with Crippen LogP contribution in [0.4, 0.5) is 0 Å². The van der Waals surface area contributed by atoms with Crippen molar-refractivity contribution in [3.05, 3.63) is 78.4 Å². The molecule has 0 aliphatic rings. The topological polar surface area (TPSA) is 61.6 Å². The van der Waals surface area contributed by atoms with E-state index in [1.807, 2.05) is 61.5 Å². The van der Waals surface area contributed by atoms with Crippen LogP contribution >= 0.6 is 0 Å². The fourth-order valence-electron chi connectivity index (χ4n) is 2.61. The van der Waals surface area contributed by atoms with E-state index < -0.39 is 5.97 Å². The zero-order chi connectivity index (χ0) is 18.6. The van der Waals surface area contributed by atoms with Crippen molar-refractivity contribution in [3.8, 4) is 23.0 Å². The van der Waals surface area contributed by atoms with Gasteiger partial charge >= 0.3 is 5.97 Å². The summed E-state index contributed by atoms with van der Waals surface area (Å²) in [7, 11) is 0. The van der Waals surface area contributed by atoms with Gasteiger partial charge in [-0.15, -0.1) is 0 Å². The number of hydrogen-bond donors (Lipinski definition) is 0. The molecule has 4 aromatic rings. The molecule has 3 aromatic carbocycles. The number of carbonyl (C=O) groups excluding carboxylic acids is 1. The molecule has 4 rings (SSSR count). The number of aromatic nitrogens is 1. The number of oxazole rings is 1. The number of ether oxygens (including phenoxy) is 2. The van der Waals surface area contributed by atoms with Gasteiger partial charge in [-0.25, -0.2) is 9.78 Å². The highest BCUT2D eigenvalue weighted by atomic mass is 16.6. The van der Waals surface area contributed by atoms with E-state index in [0.717, 1.165) is 11.1 Å². The largest absolute Gasteiger partial charge is 0.482 e. The summed E-state index contributed by atoms with van der Waals surface area (Å²) < 4.78 is 16.5. The zero-order valence-electron chi connectivity index (χ0n) is 14.7. The summed E-state index contributed by atoms with van der Waals surface area (Å²) in [5.74, 6) is 1.04. The van der Waals surface area contributed by atoms with E-state index in [1.165, 1.54) is 0 Å². The molecule has 0 unspecified atom stereocenters. The van der Waals surface area contributed by atoms with Crippen molar-refractivity contribution in [3.63, 3.8) is 0 Å². The number of hydrogen-bond acceptors (Lipinski definition) is 5. The Bertz CT molecular complexity index is 1070. The van der Waals surface area contributed by atoms with E-state index in [-0.39, 0.29) is 6.61 Å². The van der Waals surface area contributed by atoms with Crippen molar-refractivity contribution in [2.75, 3.05) is 6.61 Å². The zero-order valence-corrected chi connectivity index (χ0v) is 14.7. The van der Waals surface area contributed by atoms with Gasteiger partial charge in [0.15, 0.2) is 12.2 Å². The maximum absolute atomic E-state index is 12.0. The minimum absolute atomic E-state index is 0.174. The fourth-order valence-corrected chi connectivity index (χ4v) is 2.61. The molecule has 0 fully saturated rings. The van der Waals surface area contributed by atoms with Gasteiger partial charge in [-0.1, -0.05) is 35.9 Å². The molecule has 0 aliphatic carbocycles. The van der Waals surface area contributed by atoms with Crippen LogP contribution in [0.5, 0.6) is 11.5 Å². The van der Waals surface area contributed by atoms with Gasteiger partial charge in [0.2, 0.25) is 5.89 Å². The first-order valence-corrected chi connectivity index (χ1v) is 8.53. The standard InChI is InChI=1S/C22H17NO4/c1-15-7-9-17(10-8-15)25-14-21(24)26-18-11-12-19-20(13-18)27-22(23-19)16-5-3-2-4-6-16/h2-13H,14H2,1H3. The van der Waals surface area contributed by atoms with Crippen LogP contribution in [0.2, 0.25) is 0 Å². The van der Waals surface area contributed by atoms with E-state index >= 15 is 0 Å². The van der Waals surface area contributed by atoms with Crippen molar-refractivity contribution >= 4 is 17.1 Å². The van der Waals surface area contributed by atoms with Crippen molar-refractivity contribution in [1.29, 1.82) is 0 Å². The number of nitrogens with zero attached hydrogens (tertiary/aromatic N) is 1. The van der Waals surface area contributed by atoms with Crippen molar-refractivity contribution in [1.82, 2.24) is 4.98 Å². The average Bonchev–Trinajstić information content (AvgIpc) is 3.12. The Balaban J connectivity index is 1.44. The number of carbonyl (C=O) groups is 1. The Morgan fingerprint density at radius 2 is 1.70 bits per heavy atom. The third-order valence-corrected chi connectivity index (χ3v) is 3.99. The van der Waals surface area contributed by atoms with Crippen LogP contribution in [0.25, 0.3) is 22.6 Å². The Labute approximate surface area is 156 Å². The van der Waals surface area contributed by atoms with Crippen LogP contribution in [-0.2, 0) is 4.79 Å². The Kier molecular flexibility index (Phi) is 4.58. The van der Waals surface area contributed by atoms with Gasteiger partial charge in [0.25, 0.3) is 0 Å². The SMILES string of the molecule is Cc1ccc(OCC(=O)Oc2ccc3nc(-c4ccccc4)oc3c2)cc1. The van der Waals surface area contributed by atoms with Crippen LogP contribution in [0.1, 0.15) is 5.56 Å². The van der Waals surface area contributed by atoms with Crippen LogP contribution in [0.3, 0.4) is 0 Å². The molecule has 5 nitrogen and oxygen atoms in total. The number of aryl methyl sites for hydroxylation is 1. The first-order valence-electron chi connectivity index (χ1n) is 8.53. The predicted molar refractivity (Wildman–Crippen MR) is 102 cm³/mol. The lowest BCUT2D eigenvalue weighted by Crippen LogP contribution is -2.17. The highest BCUT2D eigenvalue weighted by Crippen LogP contribution is 2.27. The maximum atomic E-state index is 12.0. The molecule has 0 amide bonds. The van der Waals surface area contributed by atoms with E-state index in [0.29, 0.717) is 28.5 Å². The third kappa shape index (κ3) is 3.98. The molecule has 0 N–H and O–H groups in total. The summed E-state index contributed by atoms with van der Waals surface area (Å²) in [5, 5.41) is 0. The van der Waals surface area contributed by atoms with Gasteiger partial charge in [-0.3, -0.25) is 0 Å². The quantitative estimate of drug-likeness (QED) is 0.379. The summed E-state index contributed by atoms with van der Waals surface area (Å²) in [6, 6.07) is 22.2. The van der Waals surface area contributed by atoms with Crippen LogP contribution in [0.15, 0.2) is 77.2 Å². The predicted octanol–water partition coefficient (Wildman–Crippen LogP) is 4.79. The van der Waals surface area contributed by atoms with Gasteiger partial charge < -0.3 is 13.9 Å². The maximum Gasteiger partial charge on any atom is 0.349 e.